The largest absolute Gasteiger partial charge is 0.491 e. The molecule has 0 saturated carbocycles. The molecule has 1 amide bonds. The van der Waals surface area contributed by atoms with Crippen molar-refractivity contribution in [2.45, 2.75) is 0 Å². The molecule has 118 valence electrons. The minimum atomic E-state index is -0.176. The lowest BCUT2D eigenvalue weighted by molar-refractivity contribution is 0.0948. The molecule has 5 nitrogen and oxygen atoms in total. The first-order valence-corrected chi connectivity index (χ1v) is 8.10. The molecule has 7 heteroatoms. The molecule has 2 heterocycles. The highest BCUT2D eigenvalue weighted by atomic mass is 79.9. The first-order valence-electron chi connectivity index (χ1n) is 6.93. The molecule has 0 fully saturated rings. The van der Waals surface area contributed by atoms with E-state index >= 15 is 0 Å². The van der Waals surface area contributed by atoms with Crippen molar-refractivity contribution in [1.29, 1.82) is 0 Å². The number of nitrogens with one attached hydrogen (secondary N) is 1. The third-order valence-electron chi connectivity index (χ3n) is 3.21. The lowest BCUT2D eigenvalue weighted by Gasteiger charge is -2.09. The van der Waals surface area contributed by atoms with Crippen LogP contribution >= 0.6 is 27.5 Å². The van der Waals surface area contributed by atoms with E-state index in [0.717, 1.165) is 9.99 Å². The Labute approximate surface area is 146 Å². The third-order valence-corrected chi connectivity index (χ3v) is 4.07. The Morgan fingerprint density at radius 1 is 1.35 bits per heavy atom. The summed E-state index contributed by atoms with van der Waals surface area (Å²) in [4.78, 5) is 12.2. The van der Waals surface area contributed by atoms with E-state index in [9.17, 15) is 4.79 Å². The van der Waals surface area contributed by atoms with Gasteiger partial charge in [0, 0.05) is 11.2 Å². The van der Waals surface area contributed by atoms with Crippen LogP contribution in [0.15, 0.2) is 53.3 Å². The lowest BCUT2D eigenvalue weighted by atomic mass is 10.2. The SMILES string of the molecule is O=C(NCCOc1ccc(Cl)cc1Br)c1cnn2ccccc12. The number of ether oxygens (including phenoxy) is 1. The second-order valence-electron chi connectivity index (χ2n) is 4.77. The minimum absolute atomic E-state index is 0.176. The van der Waals surface area contributed by atoms with E-state index in [4.69, 9.17) is 16.3 Å². The van der Waals surface area contributed by atoms with E-state index in [1.54, 1.807) is 35.1 Å². The molecule has 0 aliphatic carbocycles. The number of pyridine rings is 1. The van der Waals surface area contributed by atoms with Gasteiger partial charge in [-0.25, -0.2) is 4.52 Å². The van der Waals surface area contributed by atoms with Gasteiger partial charge in [-0.05, 0) is 46.3 Å². The van der Waals surface area contributed by atoms with Gasteiger partial charge in [0.05, 0.1) is 28.3 Å². The second-order valence-corrected chi connectivity index (χ2v) is 6.06. The standard InChI is InChI=1S/C16H13BrClN3O2/c17-13-9-11(18)4-5-15(13)23-8-6-19-16(22)12-10-20-21-7-2-1-3-14(12)21/h1-5,7,9-10H,6,8H2,(H,19,22). The zero-order valence-corrected chi connectivity index (χ0v) is 14.3. The number of rotatable bonds is 5. The van der Waals surface area contributed by atoms with E-state index in [1.165, 1.54) is 0 Å². The van der Waals surface area contributed by atoms with Crippen molar-refractivity contribution in [3.05, 3.63) is 63.9 Å². The number of amides is 1. The van der Waals surface area contributed by atoms with Crippen LogP contribution in [0.2, 0.25) is 5.02 Å². The van der Waals surface area contributed by atoms with Crippen LogP contribution in [0.5, 0.6) is 5.75 Å². The van der Waals surface area contributed by atoms with E-state index in [0.29, 0.717) is 29.5 Å². The number of carbonyl (C=O) groups is 1. The fourth-order valence-corrected chi connectivity index (χ4v) is 2.92. The Morgan fingerprint density at radius 2 is 2.22 bits per heavy atom. The average molecular weight is 395 g/mol. The Morgan fingerprint density at radius 3 is 3.04 bits per heavy atom. The monoisotopic (exact) mass is 393 g/mol. The highest BCUT2D eigenvalue weighted by Crippen LogP contribution is 2.27. The van der Waals surface area contributed by atoms with Crippen LogP contribution in [-0.2, 0) is 0 Å². The fourth-order valence-electron chi connectivity index (χ4n) is 2.12. The fraction of sp³-hybridized carbons (Fsp3) is 0.125. The Bertz CT molecular complexity index is 850. The molecule has 2 aromatic heterocycles. The Kier molecular flexibility index (Phi) is 4.83. The summed E-state index contributed by atoms with van der Waals surface area (Å²) in [6.07, 6.45) is 3.36. The summed E-state index contributed by atoms with van der Waals surface area (Å²) in [5.74, 6) is 0.504. The van der Waals surface area contributed by atoms with E-state index < -0.39 is 0 Å². The smallest absolute Gasteiger partial charge is 0.255 e. The van der Waals surface area contributed by atoms with Crippen molar-refractivity contribution in [3.8, 4) is 5.75 Å². The summed E-state index contributed by atoms with van der Waals surface area (Å²) in [5.41, 5.74) is 1.31. The number of nitrogens with zero attached hydrogens (tertiary/aromatic N) is 2. The van der Waals surface area contributed by atoms with Crippen LogP contribution in [-0.4, -0.2) is 28.7 Å². The van der Waals surface area contributed by atoms with Gasteiger partial charge in [-0.15, -0.1) is 0 Å². The van der Waals surface area contributed by atoms with Gasteiger partial charge in [0.2, 0.25) is 0 Å². The van der Waals surface area contributed by atoms with Crippen molar-refractivity contribution in [3.63, 3.8) is 0 Å². The molecule has 3 rings (SSSR count). The first kappa shape index (κ1) is 15.8. The molecule has 0 bridgehead atoms. The molecule has 0 aliphatic rings. The van der Waals surface area contributed by atoms with Gasteiger partial charge in [-0.3, -0.25) is 4.79 Å². The van der Waals surface area contributed by atoms with Crippen LogP contribution in [0, 0.1) is 0 Å². The summed E-state index contributed by atoms with van der Waals surface area (Å²) >= 11 is 9.25. The highest BCUT2D eigenvalue weighted by Gasteiger charge is 2.11. The van der Waals surface area contributed by atoms with Crippen LogP contribution in [0.25, 0.3) is 5.52 Å². The van der Waals surface area contributed by atoms with Crippen molar-refractivity contribution in [2.24, 2.45) is 0 Å². The molecule has 0 spiro atoms. The van der Waals surface area contributed by atoms with E-state index in [2.05, 4.69) is 26.3 Å². The van der Waals surface area contributed by atoms with Crippen LogP contribution in [0.4, 0.5) is 0 Å². The quantitative estimate of drug-likeness (QED) is 0.673. The molecule has 0 saturated heterocycles. The summed E-state index contributed by atoms with van der Waals surface area (Å²) in [7, 11) is 0. The lowest BCUT2D eigenvalue weighted by Crippen LogP contribution is -2.28. The van der Waals surface area contributed by atoms with Gasteiger partial charge < -0.3 is 10.1 Å². The molecular formula is C16H13BrClN3O2. The van der Waals surface area contributed by atoms with Crippen molar-refractivity contribution < 1.29 is 9.53 Å². The summed E-state index contributed by atoms with van der Waals surface area (Å²) in [6, 6.07) is 10.9. The summed E-state index contributed by atoms with van der Waals surface area (Å²) < 4.78 is 8.05. The molecule has 0 unspecified atom stereocenters. The predicted molar refractivity (Wildman–Crippen MR) is 92.2 cm³/mol. The number of halogens is 2. The van der Waals surface area contributed by atoms with Crippen LogP contribution in [0.1, 0.15) is 10.4 Å². The highest BCUT2D eigenvalue weighted by molar-refractivity contribution is 9.10. The maximum absolute atomic E-state index is 12.2. The zero-order chi connectivity index (χ0) is 16.2. The summed E-state index contributed by atoms with van der Waals surface area (Å²) in [6.45, 7) is 0.739. The molecular weight excluding hydrogens is 382 g/mol. The normalized spacial score (nSPS) is 10.7. The first-order chi connectivity index (χ1) is 11.1. The van der Waals surface area contributed by atoms with Crippen LogP contribution in [0.3, 0.4) is 0 Å². The van der Waals surface area contributed by atoms with E-state index in [1.807, 2.05) is 18.2 Å². The van der Waals surface area contributed by atoms with Gasteiger partial charge in [-0.1, -0.05) is 17.7 Å². The number of hydrogen-bond acceptors (Lipinski definition) is 3. The second kappa shape index (κ2) is 7.02. The zero-order valence-electron chi connectivity index (χ0n) is 12.0. The van der Waals surface area contributed by atoms with Crippen molar-refractivity contribution >= 4 is 39.0 Å². The number of hydrogen-bond donors (Lipinski definition) is 1. The van der Waals surface area contributed by atoms with Crippen molar-refractivity contribution in [2.75, 3.05) is 13.2 Å². The minimum Gasteiger partial charge on any atom is -0.491 e. The van der Waals surface area contributed by atoms with Crippen molar-refractivity contribution in [1.82, 2.24) is 14.9 Å². The third kappa shape index (κ3) is 3.65. The number of aromatic nitrogens is 2. The number of fused-ring (bicyclic) bond motifs is 1. The molecule has 0 radical (unpaired) electrons. The molecule has 0 aliphatic heterocycles. The molecule has 0 atom stereocenters. The maximum atomic E-state index is 12.2. The average Bonchev–Trinajstić information content (AvgIpc) is 2.97. The molecule has 1 N–H and O–H groups in total. The van der Waals surface area contributed by atoms with Gasteiger partial charge in [-0.2, -0.15) is 5.10 Å². The van der Waals surface area contributed by atoms with Gasteiger partial charge in [0.25, 0.3) is 5.91 Å². The predicted octanol–water partition coefficient (Wildman–Crippen LogP) is 3.56. The van der Waals surface area contributed by atoms with Gasteiger partial charge in [0.15, 0.2) is 0 Å². The van der Waals surface area contributed by atoms with Gasteiger partial charge in [0.1, 0.15) is 12.4 Å². The topological polar surface area (TPSA) is 55.6 Å². The van der Waals surface area contributed by atoms with Gasteiger partial charge >= 0.3 is 0 Å². The maximum Gasteiger partial charge on any atom is 0.255 e. The number of benzene rings is 1. The van der Waals surface area contributed by atoms with E-state index in [-0.39, 0.29) is 5.91 Å². The Balaban J connectivity index is 1.55. The summed E-state index contributed by atoms with van der Waals surface area (Å²) in [5, 5.41) is 7.59. The Hall–Kier alpha value is -2.05. The van der Waals surface area contributed by atoms with Crippen LogP contribution < -0.4 is 10.1 Å². The molecule has 23 heavy (non-hydrogen) atoms. The number of carbonyl (C=O) groups excluding carboxylic acids is 1. The molecule has 1 aromatic carbocycles. The molecule has 3 aromatic rings.